The van der Waals surface area contributed by atoms with Gasteiger partial charge in [0.25, 0.3) is 5.91 Å². The molecule has 0 spiro atoms. The molecule has 0 unspecified atom stereocenters. The fraction of sp³-hybridized carbons (Fsp3) is 0.506. The van der Waals surface area contributed by atoms with E-state index >= 15 is 0 Å². The van der Waals surface area contributed by atoms with Crippen LogP contribution in [-0.4, -0.2) is 255 Å². The number of anilines is 2. The van der Waals surface area contributed by atoms with Crippen molar-refractivity contribution in [2.45, 2.75) is 206 Å². The van der Waals surface area contributed by atoms with Crippen LogP contribution in [0.25, 0.3) is 22.3 Å². The van der Waals surface area contributed by atoms with Gasteiger partial charge in [0.1, 0.15) is 54.4 Å². The summed E-state index contributed by atoms with van der Waals surface area (Å²) in [7, 11) is 0. The second-order valence-electron chi connectivity index (χ2n) is 33.8. The maximum atomic E-state index is 14.4. The number of benzene rings is 5. The highest BCUT2D eigenvalue weighted by Crippen LogP contribution is 2.33. The summed E-state index contributed by atoms with van der Waals surface area (Å²) < 4.78 is 0. The number of hydrogen-bond acceptors (Lipinski definition) is 20. The van der Waals surface area contributed by atoms with Gasteiger partial charge < -0.3 is 87.9 Å². The van der Waals surface area contributed by atoms with Crippen molar-refractivity contribution >= 4 is 94.1 Å². The summed E-state index contributed by atoms with van der Waals surface area (Å²) in [6, 6.07) is 22.6. The van der Waals surface area contributed by atoms with Crippen molar-refractivity contribution in [2.24, 2.45) is 17.8 Å². The number of carboxylic acid groups (broad SMARTS) is 2. The number of carboxylic acids is 2. The van der Waals surface area contributed by atoms with Gasteiger partial charge in [-0.1, -0.05) is 94.4 Å². The summed E-state index contributed by atoms with van der Waals surface area (Å²) in [5.41, 5.74) is 8.99. The minimum atomic E-state index is -1.75. The van der Waals surface area contributed by atoms with Crippen LogP contribution in [0.15, 0.2) is 109 Å². The van der Waals surface area contributed by atoms with E-state index in [2.05, 4.69) is 91.7 Å². The average molecular weight is 1680 g/mol. The second-order valence-corrected chi connectivity index (χ2v) is 33.8. The number of carbonyl (C=O) groups is 14. The number of aliphatic carboxylic acids is 2. The smallest absolute Gasteiger partial charge is 0.305 e. The first-order chi connectivity index (χ1) is 58.1. The van der Waals surface area contributed by atoms with Crippen molar-refractivity contribution in [2.75, 3.05) is 75.2 Å². The van der Waals surface area contributed by atoms with Crippen LogP contribution in [0.3, 0.4) is 0 Å². The van der Waals surface area contributed by atoms with Crippen LogP contribution in [0, 0.1) is 17.8 Å². The summed E-state index contributed by atoms with van der Waals surface area (Å²) in [5, 5.41) is 64.5. The van der Waals surface area contributed by atoms with Crippen LogP contribution in [0.4, 0.5) is 11.4 Å². The first-order valence-electron chi connectivity index (χ1n) is 42.3. The van der Waals surface area contributed by atoms with E-state index in [0.29, 0.717) is 42.4 Å². The van der Waals surface area contributed by atoms with Crippen LogP contribution in [0.1, 0.15) is 156 Å². The number of nitrogens with zero attached hydrogens (tertiary/aromatic N) is 6. The molecular weight excluding hydrogens is 1570 g/mol. The molecule has 5 aromatic carbocycles. The molecule has 0 aliphatic carbocycles. The third kappa shape index (κ3) is 23.5. The van der Waals surface area contributed by atoms with Crippen molar-refractivity contribution in [1.82, 2.24) is 67.5 Å². The summed E-state index contributed by atoms with van der Waals surface area (Å²) in [5.74, 6) is -13.1. The molecular formula is C89H115N15O18. The van der Waals surface area contributed by atoms with Crippen LogP contribution < -0.4 is 57.7 Å². The van der Waals surface area contributed by atoms with Gasteiger partial charge in [-0.15, -0.1) is 0 Å². The van der Waals surface area contributed by atoms with Crippen LogP contribution in [0.2, 0.25) is 0 Å². The SMILES string of the molecule is CC(C)C[C@@H]1CC(=O)c2ccc(-c3ccc(N4CCN(Cc5cccc(CN6CCN(c7ccc(-c8ccc9cc8CNC(=O)[C@@H]8CCCN8C(=O)[C@H](C)NC(=O)[C@H]([C@@H](C)O)NC(=O)[C@H](CC(=O)O)NC(=O)[C@H](CC(C)C)NC9=O)cc7)CC6)c5)CC4)cc3)c(c2)CNC(=O)[C@@H]2CCCN2C(=O)[C@H](C)NC(=O)[C@H]([C@@H](C)O)NC(=O)[C@H](CC(=O)O)NC1=O. The van der Waals surface area contributed by atoms with Crippen molar-refractivity contribution < 1.29 is 87.5 Å². The lowest BCUT2D eigenvalue weighted by Crippen LogP contribution is -2.61. The van der Waals surface area contributed by atoms with E-state index < -0.39 is 168 Å². The fourth-order valence-corrected chi connectivity index (χ4v) is 17.0. The Labute approximate surface area is 709 Å². The zero-order valence-corrected chi connectivity index (χ0v) is 70.4. The largest absolute Gasteiger partial charge is 0.481 e. The predicted molar refractivity (Wildman–Crippen MR) is 452 cm³/mol. The van der Waals surface area contributed by atoms with E-state index in [9.17, 15) is 87.5 Å². The number of ketones is 1. The normalized spacial score (nSPS) is 24.7. The maximum absolute atomic E-state index is 14.4. The Bertz CT molecular complexity index is 4410. The highest BCUT2D eigenvalue weighted by molar-refractivity contribution is 6.03. The highest BCUT2D eigenvalue weighted by Gasteiger charge is 2.42. The lowest BCUT2D eigenvalue weighted by Gasteiger charge is -2.37. The van der Waals surface area contributed by atoms with Gasteiger partial charge >= 0.3 is 11.9 Å². The Hall–Kier alpha value is -11.7. The van der Waals surface area contributed by atoms with Gasteiger partial charge in [-0.2, -0.15) is 0 Å². The van der Waals surface area contributed by atoms with E-state index in [1.54, 1.807) is 36.4 Å². The number of Topliss-reactive ketones (excluding diaryl/α,β-unsaturated/α-hetero) is 1. The highest BCUT2D eigenvalue weighted by atomic mass is 16.4. The first kappa shape index (κ1) is 91.1. The minimum Gasteiger partial charge on any atom is -0.481 e. The molecule has 4 fully saturated rings. The monoisotopic (exact) mass is 1680 g/mol. The van der Waals surface area contributed by atoms with Crippen LogP contribution in [-0.2, 0) is 83.7 Å². The van der Waals surface area contributed by atoms with E-state index in [0.717, 1.165) is 93.5 Å². The lowest BCUT2D eigenvalue weighted by molar-refractivity contribution is -0.143. The summed E-state index contributed by atoms with van der Waals surface area (Å²) in [6.45, 7) is 20.8. The molecule has 11 amide bonds. The number of nitrogens with one attached hydrogen (secondary N) is 9. The Balaban J connectivity index is 0.719. The molecule has 122 heavy (non-hydrogen) atoms. The quantitative estimate of drug-likeness (QED) is 0.0600. The predicted octanol–water partition coefficient (Wildman–Crippen LogP) is 2.95. The molecule has 6 aliphatic heterocycles. The molecule has 6 aliphatic rings. The van der Waals surface area contributed by atoms with Gasteiger partial charge in [0, 0.05) is 126 Å². The third-order valence-corrected chi connectivity index (χ3v) is 23.5. The first-order valence-corrected chi connectivity index (χ1v) is 42.3. The van der Waals surface area contributed by atoms with Crippen molar-refractivity contribution in [3.05, 3.63) is 143 Å². The van der Waals surface area contributed by atoms with Crippen LogP contribution >= 0.6 is 0 Å². The van der Waals surface area contributed by atoms with Gasteiger partial charge in [-0.05, 0) is 165 Å². The molecule has 0 radical (unpaired) electrons. The van der Waals surface area contributed by atoms with Gasteiger partial charge in [0.15, 0.2) is 5.78 Å². The minimum absolute atomic E-state index is 0.0416. The van der Waals surface area contributed by atoms with E-state index in [1.165, 1.54) is 48.6 Å². The summed E-state index contributed by atoms with van der Waals surface area (Å²) in [6.07, 6.45) is -3.28. The van der Waals surface area contributed by atoms with Crippen molar-refractivity contribution in [1.29, 1.82) is 0 Å². The van der Waals surface area contributed by atoms with E-state index in [-0.39, 0.29) is 68.4 Å². The zero-order valence-electron chi connectivity index (χ0n) is 70.4. The lowest BCUT2D eigenvalue weighted by atomic mass is 9.88. The third-order valence-electron chi connectivity index (χ3n) is 23.5. The molecule has 4 saturated heterocycles. The molecule has 5 aromatic rings. The number of carbonyl (C=O) groups excluding carboxylic acids is 12. The molecule has 654 valence electrons. The Morgan fingerprint density at radius 1 is 0.418 bits per heavy atom. The maximum Gasteiger partial charge on any atom is 0.305 e. The van der Waals surface area contributed by atoms with E-state index in [4.69, 9.17) is 0 Å². The Morgan fingerprint density at radius 2 is 0.820 bits per heavy atom. The van der Waals surface area contributed by atoms with Gasteiger partial charge in [-0.3, -0.25) is 76.9 Å². The number of aliphatic hydroxyl groups is 2. The Kier molecular flexibility index (Phi) is 30.8. The summed E-state index contributed by atoms with van der Waals surface area (Å²) >= 11 is 0. The number of aliphatic hydroxyl groups excluding tert-OH is 2. The van der Waals surface area contributed by atoms with Gasteiger partial charge in [0.05, 0.1) is 25.0 Å². The molecule has 0 saturated carbocycles. The van der Waals surface area contributed by atoms with E-state index in [1.807, 2.05) is 76.2 Å². The number of hydrogen-bond donors (Lipinski definition) is 13. The molecule has 33 nitrogen and oxygen atoms in total. The molecule has 33 heteroatoms. The number of rotatable bonds is 18. The Morgan fingerprint density at radius 3 is 1.24 bits per heavy atom. The second kappa shape index (κ2) is 41.3. The molecule has 11 rings (SSSR count). The summed E-state index contributed by atoms with van der Waals surface area (Å²) in [4.78, 5) is 205. The molecule has 13 N–H and O–H groups in total. The zero-order chi connectivity index (χ0) is 87.9. The molecule has 12 atom stereocenters. The van der Waals surface area contributed by atoms with Crippen molar-refractivity contribution in [3.8, 4) is 22.3 Å². The molecule has 6 heterocycles. The van der Waals surface area contributed by atoms with Gasteiger partial charge in [-0.25, -0.2) is 0 Å². The average Bonchev–Trinajstić information content (AvgIpc) is 1.77. The van der Waals surface area contributed by atoms with Gasteiger partial charge in [0.2, 0.25) is 59.1 Å². The molecule has 4 bridgehead atoms. The molecule has 0 aromatic heterocycles. The standard InChI is InChI=1S/C89H115N15O18/c1-50(2)38-62-43-74(107)60-20-26-67(63(41-60)46-90-84(117)72-14-10-28-103(72)88(121)52(5)92-86(119)77(54(7)105)97-82(115)70(44-75(108)109)95-80(62)113)58-16-22-65(23-17-58)101-34-30-99(31-35-101)48-56-12-9-13-57(40-56)49-100-32-36-102(37-33-100)66-24-18-59(19-25-66)68-27-21-61-42-64(68)47-91-85(118)73-15-11-29-104(73)89(122)53(6)93-87(120)78(55(8)106)98-83(116)71(45-76(110)111)96-81(114)69(39-51(3)4)94-79(61)112/h9,12-13,16-27,40-42,50-55,62,69-73,77-78,105-106H,10-11,14-15,28-39,43-49H2,1-8H3,(H,90,117)(H,91,118)(H,92,119)(H,93,120)(H,94,112)(H,95,113)(H,96,114)(H,97,115)(H,98,116)(H,108,109)(H,110,111)/t52-,53-,54+,55+,62+,69-,70-,71-,72-,73-,77-,78-/m0/s1. The topological polar surface area (TPSA) is 448 Å². The number of amides is 11. The fourth-order valence-electron chi connectivity index (χ4n) is 17.0. The number of piperazine rings is 2. The van der Waals surface area contributed by atoms with Crippen LogP contribution in [0.5, 0.6) is 0 Å². The van der Waals surface area contributed by atoms with Crippen molar-refractivity contribution in [3.63, 3.8) is 0 Å². The number of fused-ring (bicyclic) bond motifs is 6.